The number of pyridine rings is 1. The molecule has 2 heterocycles. The standard InChI is InChI=1S/C16H13N3O2S/c17-12-8-13(9-4-6-10(7-5-9)19(20)21)18-16-15(12)11-2-1-3-14(11)22-16/h4-8H,1-3H2,(H2,17,18). The van der Waals surface area contributed by atoms with E-state index in [0.29, 0.717) is 0 Å². The molecule has 22 heavy (non-hydrogen) atoms. The fraction of sp³-hybridized carbons (Fsp3) is 0.188. The molecule has 0 spiro atoms. The summed E-state index contributed by atoms with van der Waals surface area (Å²) in [5.41, 5.74) is 10.0. The molecule has 2 N–H and O–H groups in total. The zero-order chi connectivity index (χ0) is 15.3. The maximum absolute atomic E-state index is 10.7. The van der Waals surface area contributed by atoms with Crippen molar-refractivity contribution in [2.24, 2.45) is 0 Å². The average molecular weight is 311 g/mol. The van der Waals surface area contributed by atoms with Gasteiger partial charge in [0.05, 0.1) is 10.6 Å². The Bertz CT molecular complexity index is 900. The van der Waals surface area contributed by atoms with Gasteiger partial charge in [-0.05, 0) is 43.0 Å². The van der Waals surface area contributed by atoms with E-state index >= 15 is 0 Å². The van der Waals surface area contributed by atoms with Crippen molar-refractivity contribution in [1.82, 2.24) is 4.98 Å². The molecule has 1 aliphatic carbocycles. The number of hydrogen-bond donors (Lipinski definition) is 1. The van der Waals surface area contributed by atoms with E-state index in [9.17, 15) is 10.1 Å². The molecule has 0 bridgehead atoms. The summed E-state index contributed by atoms with van der Waals surface area (Å²) in [5, 5.41) is 11.8. The molecule has 5 nitrogen and oxygen atoms in total. The van der Waals surface area contributed by atoms with Crippen molar-refractivity contribution < 1.29 is 4.92 Å². The zero-order valence-corrected chi connectivity index (χ0v) is 12.5. The predicted molar refractivity (Wildman–Crippen MR) is 88.1 cm³/mol. The van der Waals surface area contributed by atoms with Crippen LogP contribution in [0.4, 0.5) is 11.4 Å². The van der Waals surface area contributed by atoms with Gasteiger partial charge in [0, 0.05) is 33.6 Å². The first-order valence-electron chi connectivity index (χ1n) is 7.09. The smallest absolute Gasteiger partial charge is 0.269 e. The lowest BCUT2D eigenvalue weighted by Crippen LogP contribution is -1.93. The number of aromatic nitrogens is 1. The first-order chi connectivity index (χ1) is 10.6. The highest BCUT2D eigenvalue weighted by atomic mass is 32.1. The van der Waals surface area contributed by atoms with Crippen molar-refractivity contribution in [1.29, 1.82) is 0 Å². The van der Waals surface area contributed by atoms with Crippen LogP contribution < -0.4 is 5.73 Å². The SMILES string of the molecule is Nc1cc(-c2ccc([N+](=O)[O-])cc2)nc2sc3c(c12)CCC3. The maximum Gasteiger partial charge on any atom is 0.269 e. The molecule has 0 atom stereocenters. The van der Waals surface area contributed by atoms with Gasteiger partial charge in [0.25, 0.3) is 5.69 Å². The number of aryl methyl sites for hydroxylation is 2. The monoisotopic (exact) mass is 311 g/mol. The van der Waals surface area contributed by atoms with E-state index in [1.54, 1.807) is 23.5 Å². The summed E-state index contributed by atoms with van der Waals surface area (Å²) in [6, 6.07) is 8.28. The van der Waals surface area contributed by atoms with Crippen molar-refractivity contribution in [3.05, 3.63) is 50.9 Å². The molecule has 0 saturated heterocycles. The molecule has 4 rings (SSSR count). The number of non-ortho nitro benzene ring substituents is 1. The second-order valence-electron chi connectivity index (χ2n) is 5.44. The molecular formula is C16H13N3O2S. The molecule has 3 aromatic rings. The predicted octanol–water partition coefficient (Wildman–Crippen LogP) is 3.94. The normalized spacial score (nSPS) is 13.5. The Balaban J connectivity index is 1.84. The van der Waals surface area contributed by atoms with E-state index in [4.69, 9.17) is 10.7 Å². The summed E-state index contributed by atoms with van der Waals surface area (Å²) in [5.74, 6) is 0. The molecular weight excluding hydrogens is 298 g/mol. The Morgan fingerprint density at radius 1 is 1.23 bits per heavy atom. The van der Waals surface area contributed by atoms with Gasteiger partial charge in [0.1, 0.15) is 4.83 Å². The summed E-state index contributed by atoms with van der Waals surface area (Å²) < 4.78 is 0. The van der Waals surface area contributed by atoms with Crippen molar-refractivity contribution in [3.63, 3.8) is 0 Å². The Morgan fingerprint density at radius 3 is 2.73 bits per heavy atom. The van der Waals surface area contributed by atoms with E-state index in [0.717, 1.165) is 40.0 Å². The number of thiophene rings is 1. The molecule has 2 aromatic heterocycles. The van der Waals surface area contributed by atoms with Crippen LogP contribution in [0.3, 0.4) is 0 Å². The number of rotatable bonds is 2. The Hall–Kier alpha value is -2.47. The topological polar surface area (TPSA) is 82.0 Å². The molecule has 0 saturated carbocycles. The first-order valence-corrected chi connectivity index (χ1v) is 7.91. The van der Waals surface area contributed by atoms with Gasteiger partial charge in [0.2, 0.25) is 0 Å². The molecule has 0 amide bonds. The van der Waals surface area contributed by atoms with Crippen LogP contribution in [0, 0.1) is 10.1 Å². The van der Waals surface area contributed by atoms with Gasteiger partial charge in [-0.15, -0.1) is 11.3 Å². The number of nitrogens with zero attached hydrogens (tertiary/aromatic N) is 2. The number of nitro benzene ring substituents is 1. The van der Waals surface area contributed by atoms with Crippen molar-refractivity contribution in [2.45, 2.75) is 19.3 Å². The summed E-state index contributed by atoms with van der Waals surface area (Å²) in [4.78, 5) is 17.4. The molecule has 1 aliphatic rings. The van der Waals surface area contributed by atoms with E-state index in [1.807, 2.05) is 6.07 Å². The Kier molecular flexibility index (Phi) is 2.87. The zero-order valence-electron chi connectivity index (χ0n) is 11.7. The molecule has 1 aromatic carbocycles. The van der Waals surface area contributed by atoms with Crippen LogP contribution in [0.5, 0.6) is 0 Å². The van der Waals surface area contributed by atoms with Crippen LogP contribution in [0.15, 0.2) is 30.3 Å². The highest BCUT2D eigenvalue weighted by Gasteiger charge is 2.20. The van der Waals surface area contributed by atoms with E-state index in [2.05, 4.69) is 0 Å². The van der Waals surface area contributed by atoms with Crippen molar-refractivity contribution in [3.8, 4) is 11.3 Å². The highest BCUT2D eigenvalue weighted by Crippen LogP contribution is 2.40. The molecule has 0 fully saturated rings. The van der Waals surface area contributed by atoms with Crippen LogP contribution in [0.25, 0.3) is 21.5 Å². The number of benzene rings is 1. The van der Waals surface area contributed by atoms with Gasteiger partial charge in [-0.1, -0.05) is 0 Å². The molecule has 0 aliphatic heterocycles. The molecule has 110 valence electrons. The van der Waals surface area contributed by atoms with Crippen LogP contribution in [-0.4, -0.2) is 9.91 Å². The number of anilines is 1. The number of nitrogen functional groups attached to an aromatic ring is 1. The highest BCUT2D eigenvalue weighted by molar-refractivity contribution is 7.19. The number of fused-ring (bicyclic) bond motifs is 3. The molecule has 0 radical (unpaired) electrons. The van der Waals surface area contributed by atoms with Gasteiger partial charge in [-0.25, -0.2) is 4.98 Å². The lowest BCUT2D eigenvalue weighted by atomic mass is 10.1. The minimum atomic E-state index is -0.404. The first kappa shape index (κ1) is 13.2. The van der Waals surface area contributed by atoms with Crippen molar-refractivity contribution in [2.75, 3.05) is 5.73 Å². The van der Waals surface area contributed by atoms with Gasteiger partial charge < -0.3 is 5.73 Å². The van der Waals surface area contributed by atoms with Gasteiger partial charge in [0.15, 0.2) is 0 Å². The average Bonchev–Trinajstić information content (AvgIpc) is 3.07. The van der Waals surface area contributed by atoms with Crippen LogP contribution in [0.1, 0.15) is 16.9 Å². The Morgan fingerprint density at radius 2 is 2.00 bits per heavy atom. The summed E-state index contributed by atoms with van der Waals surface area (Å²) >= 11 is 1.72. The summed E-state index contributed by atoms with van der Waals surface area (Å²) in [6.07, 6.45) is 3.39. The number of nitro groups is 1. The van der Waals surface area contributed by atoms with E-state index in [1.165, 1.54) is 29.0 Å². The number of hydrogen-bond acceptors (Lipinski definition) is 5. The maximum atomic E-state index is 10.7. The van der Waals surface area contributed by atoms with Gasteiger partial charge in [-0.2, -0.15) is 0 Å². The largest absolute Gasteiger partial charge is 0.398 e. The summed E-state index contributed by atoms with van der Waals surface area (Å²) in [7, 11) is 0. The Labute approximate surface area is 130 Å². The van der Waals surface area contributed by atoms with Gasteiger partial charge in [-0.3, -0.25) is 10.1 Å². The third-order valence-electron chi connectivity index (χ3n) is 4.08. The van der Waals surface area contributed by atoms with Crippen LogP contribution in [-0.2, 0) is 12.8 Å². The lowest BCUT2D eigenvalue weighted by Gasteiger charge is -2.05. The van der Waals surface area contributed by atoms with Crippen LogP contribution >= 0.6 is 11.3 Å². The third kappa shape index (κ3) is 1.95. The van der Waals surface area contributed by atoms with E-state index in [-0.39, 0.29) is 5.69 Å². The second kappa shape index (κ2) is 4.78. The quantitative estimate of drug-likeness (QED) is 0.574. The summed E-state index contributed by atoms with van der Waals surface area (Å²) in [6.45, 7) is 0. The number of nitrogens with two attached hydrogens (primary N) is 1. The second-order valence-corrected chi connectivity index (χ2v) is 6.52. The minimum absolute atomic E-state index is 0.0768. The molecule has 0 unspecified atom stereocenters. The fourth-order valence-electron chi connectivity index (χ4n) is 3.03. The fourth-order valence-corrected chi connectivity index (χ4v) is 4.32. The lowest BCUT2D eigenvalue weighted by molar-refractivity contribution is -0.384. The van der Waals surface area contributed by atoms with Gasteiger partial charge >= 0.3 is 0 Å². The van der Waals surface area contributed by atoms with E-state index < -0.39 is 4.92 Å². The van der Waals surface area contributed by atoms with Crippen molar-refractivity contribution >= 4 is 32.9 Å². The third-order valence-corrected chi connectivity index (χ3v) is 5.27. The molecule has 6 heteroatoms. The minimum Gasteiger partial charge on any atom is -0.398 e. The van der Waals surface area contributed by atoms with Crippen LogP contribution in [0.2, 0.25) is 0 Å².